The van der Waals surface area contributed by atoms with Crippen molar-refractivity contribution in [1.82, 2.24) is 10.1 Å². The molecule has 5 rings (SSSR count). The second-order valence-electron chi connectivity index (χ2n) is 9.23. The molecule has 0 saturated carbocycles. The maximum Gasteiger partial charge on any atom is 0.264 e. The van der Waals surface area contributed by atoms with Gasteiger partial charge in [-0.2, -0.15) is 0 Å². The molecule has 1 amide bonds. The minimum Gasteiger partial charge on any atom is -0.493 e. The molecule has 1 N–H and O–H groups in total. The third-order valence-corrected chi connectivity index (χ3v) is 7.49. The highest BCUT2D eigenvalue weighted by molar-refractivity contribution is 7.22. The summed E-state index contributed by atoms with van der Waals surface area (Å²) in [5.41, 5.74) is 6.19. The number of carbonyl (C=O) groups is 1. The van der Waals surface area contributed by atoms with Crippen LogP contribution in [0.2, 0.25) is 0 Å². The number of aryl methyl sites for hydroxylation is 3. The number of methoxy groups -OCH3 is 3. The van der Waals surface area contributed by atoms with Crippen LogP contribution in [0.15, 0.2) is 53.1 Å². The third kappa shape index (κ3) is 5.43. The predicted octanol–water partition coefficient (Wildman–Crippen LogP) is 6.59. The Kier molecular flexibility index (Phi) is 7.61. The molecule has 0 spiro atoms. The normalized spacial score (nSPS) is 10.9. The quantitative estimate of drug-likeness (QED) is 0.216. The zero-order chi connectivity index (χ0) is 28.4. The summed E-state index contributed by atoms with van der Waals surface area (Å²) in [5.74, 6) is 2.34. The molecule has 40 heavy (non-hydrogen) atoms. The molecule has 0 bridgehead atoms. The van der Waals surface area contributed by atoms with Gasteiger partial charge in [-0.15, -0.1) is 0 Å². The fourth-order valence-electron chi connectivity index (χ4n) is 4.22. The lowest BCUT2D eigenvalue weighted by molar-refractivity contribution is -0.118. The monoisotopic (exact) mass is 559 g/mol. The van der Waals surface area contributed by atoms with Gasteiger partial charge in [0.25, 0.3) is 5.91 Å². The Hall–Kier alpha value is -4.57. The van der Waals surface area contributed by atoms with Crippen LogP contribution in [-0.2, 0) is 4.79 Å². The lowest BCUT2D eigenvalue weighted by Gasteiger charge is -2.13. The lowest BCUT2D eigenvalue weighted by Crippen LogP contribution is -2.20. The predicted molar refractivity (Wildman–Crippen MR) is 155 cm³/mol. The van der Waals surface area contributed by atoms with Crippen LogP contribution in [0.3, 0.4) is 0 Å². The lowest BCUT2D eigenvalue weighted by atomic mass is 10.1. The maximum absolute atomic E-state index is 12.6. The SMILES string of the molecule is COc1cc(-c2cc(-c3ccc(C)c(OCC(=O)Nc4nc5cc(C)c(C)cc5s4)c3)on2)cc(OC)c1OC. The van der Waals surface area contributed by atoms with Crippen molar-refractivity contribution in [3.8, 4) is 45.6 Å². The summed E-state index contributed by atoms with van der Waals surface area (Å²) in [7, 11) is 4.67. The molecule has 0 fully saturated rings. The Balaban J connectivity index is 1.30. The summed E-state index contributed by atoms with van der Waals surface area (Å²) < 4.78 is 28.9. The van der Waals surface area contributed by atoms with Crippen LogP contribution >= 0.6 is 11.3 Å². The molecular weight excluding hydrogens is 530 g/mol. The van der Waals surface area contributed by atoms with Crippen molar-refractivity contribution >= 4 is 32.6 Å². The number of rotatable bonds is 9. The number of hydrogen-bond donors (Lipinski definition) is 1. The smallest absolute Gasteiger partial charge is 0.264 e. The second-order valence-corrected chi connectivity index (χ2v) is 10.3. The van der Waals surface area contributed by atoms with Gasteiger partial charge in [0.1, 0.15) is 11.4 Å². The Morgan fingerprint density at radius 2 is 1.55 bits per heavy atom. The van der Waals surface area contributed by atoms with Crippen LogP contribution < -0.4 is 24.3 Å². The van der Waals surface area contributed by atoms with Crippen molar-refractivity contribution in [2.24, 2.45) is 0 Å². The number of aromatic nitrogens is 2. The van der Waals surface area contributed by atoms with Crippen LogP contribution in [0.25, 0.3) is 32.8 Å². The first kappa shape index (κ1) is 27.0. The average Bonchev–Trinajstić information content (AvgIpc) is 3.59. The standard InChI is InChI=1S/C30H29N3O6S/c1-16-7-8-19(24-14-21(33-39-24)20-12-25(35-4)29(37-6)26(13-20)36-5)11-23(16)38-15-28(34)32-30-31-22-9-17(2)18(3)10-27(22)40-30/h7-14H,15H2,1-6H3,(H,31,32,34). The molecule has 0 aliphatic carbocycles. The van der Waals surface area contributed by atoms with E-state index in [1.807, 2.05) is 44.2 Å². The van der Waals surface area contributed by atoms with Gasteiger partial charge < -0.3 is 23.5 Å². The molecule has 0 aliphatic rings. The molecule has 2 heterocycles. The number of thiazole rings is 1. The molecule has 206 valence electrons. The minimum atomic E-state index is -0.290. The van der Waals surface area contributed by atoms with Gasteiger partial charge in [-0.05, 0) is 67.8 Å². The Labute approximate surface area is 235 Å². The number of benzene rings is 3. The summed E-state index contributed by atoms with van der Waals surface area (Å²) >= 11 is 1.44. The molecule has 0 aliphatic heterocycles. The minimum absolute atomic E-state index is 0.161. The molecule has 5 aromatic rings. The Morgan fingerprint density at radius 3 is 2.25 bits per heavy atom. The van der Waals surface area contributed by atoms with Gasteiger partial charge in [0.15, 0.2) is 29.0 Å². The highest BCUT2D eigenvalue weighted by atomic mass is 32.1. The number of nitrogens with one attached hydrogen (secondary N) is 1. The first-order valence-electron chi connectivity index (χ1n) is 12.5. The van der Waals surface area contributed by atoms with Crippen molar-refractivity contribution in [1.29, 1.82) is 0 Å². The summed E-state index contributed by atoms with van der Waals surface area (Å²) in [6.45, 7) is 5.86. The van der Waals surface area contributed by atoms with Crippen LogP contribution in [0.4, 0.5) is 5.13 Å². The van der Waals surface area contributed by atoms with E-state index in [1.54, 1.807) is 33.5 Å². The number of amides is 1. The first-order valence-corrected chi connectivity index (χ1v) is 13.3. The Bertz CT molecular complexity index is 1640. The van der Waals surface area contributed by atoms with E-state index in [-0.39, 0.29) is 12.5 Å². The zero-order valence-electron chi connectivity index (χ0n) is 23.1. The number of fused-ring (bicyclic) bond motifs is 1. The molecule has 10 heteroatoms. The van der Waals surface area contributed by atoms with E-state index in [0.29, 0.717) is 39.6 Å². The molecule has 2 aromatic heterocycles. The van der Waals surface area contributed by atoms with Crippen LogP contribution in [-0.4, -0.2) is 44.0 Å². The first-order chi connectivity index (χ1) is 19.3. The number of anilines is 1. The molecule has 9 nitrogen and oxygen atoms in total. The maximum atomic E-state index is 12.6. The van der Waals surface area contributed by atoms with Crippen molar-refractivity contribution in [2.45, 2.75) is 20.8 Å². The fraction of sp³-hybridized carbons (Fsp3) is 0.233. The van der Waals surface area contributed by atoms with E-state index in [4.69, 9.17) is 23.5 Å². The van der Waals surface area contributed by atoms with Gasteiger partial charge in [0, 0.05) is 17.2 Å². The van der Waals surface area contributed by atoms with Crippen LogP contribution in [0, 0.1) is 20.8 Å². The second kappa shape index (κ2) is 11.3. The van der Waals surface area contributed by atoms with E-state index in [9.17, 15) is 4.79 Å². The molecule has 0 unspecified atom stereocenters. The van der Waals surface area contributed by atoms with E-state index in [2.05, 4.69) is 28.4 Å². The number of nitrogens with zero attached hydrogens (tertiary/aromatic N) is 2. The number of ether oxygens (including phenoxy) is 4. The van der Waals surface area contributed by atoms with Gasteiger partial charge in [-0.25, -0.2) is 4.98 Å². The largest absolute Gasteiger partial charge is 0.493 e. The summed E-state index contributed by atoms with van der Waals surface area (Å²) in [6.07, 6.45) is 0. The van der Waals surface area contributed by atoms with Gasteiger partial charge in [0.05, 0.1) is 31.5 Å². The van der Waals surface area contributed by atoms with Crippen LogP contribution in [0.5, 0.6) is 23.0 Å². The molecule has 0 saturated heterocycles. The molecular formula is C30H29N3O6S. The summed E-state index contributed by atoms with van der Waals surface area (Å²) in [6, 6.07) is 15.2. The number of carbonyl (C=O) groups excluding carboxylic acids is 1. The van der Waals surface area contributed by atoms with Crippen molar-refractivity contribution in [3.63, 3.8) is 0 Å². The van der Waals surface area contributed by atoms with Crippen molar-refractivity contribution < 1.29 is 28.3 Å². The molecule has 0 atom stereocenters. The number of hydrogen-bond acceptors (Lipinski definition) is 9. The van der Waals surface area contributed by atoms with E-state index < -0.39 is 0 Å². The van der Waals surface area contributed by atoms with Gasteiger partial charge >= 0.3 is 0 Å². The van der Waals surface area contributed by atoms with Gasteiger partial charge in [0.2, 0.25) is 5.75 Å². The summed E-state index contributed by atoms with van der Waals surface area (Å²) in [4.78, 5) is 17.2. The van der Waals surface area contributed by atoms with Gasteiger partial charge in [-0.1, -0.05) is 28.6 Å². The highest BCUT2D eigenvalue weighted by Gasteiger charge is 2.18. The summed E-state index contributed by atoms with van der Waals surface area (Å²) in [5, 5.41) is 7.62. The van der Waals surface area contributed by atoms with Crippen LogP contribution in [0.1, 0.15) is 16.7 Å². The topological polar surface area (TPSA) is 105 Å². The fourth-order valence-corrected chi connectivity index (χ4v) is 5.18. The van der Waals surface area contributed by atoms with Gasteiger partial charge in [-0.3, -0.25) is 10.1 Å². The van der Waals surface area contributed by atoms with Crippen molar-refractivity contribution in [3.05, 3.63) is 65.2 Å². The van der Waals surface area contributed by atoms with E-state index in [1.165, 1.54) is 16.9 Å². The van der Waals surface area contributed by atoms with E-state index in [0.717, 1.165) is 32.5 Å². The Morgan fingerprint density at radius 1 is 0.850 bits per heavy atom. The average molecular weight is 560 g/mol. The third-order valence-electron chi connectivity index (χ3n) is 6.55. The van der Waals surface area contributed by atoms with Crippen molar-refractivity contribution in [2.75, 3.05) is 33.3 Å². The highest BCUT2D eigenvalue weighted by Crippen LogP contribution is 2.41. The van der Waals surface area contributed by atoms with E-state index >= 15 is 0 Å². The molecule has 0 radical (unpaired) electrons. The zero-order valence-corrected chi connectivity index (χ0v) is 23.9. The molecule has 3 aromatic carbocycles.